The van der Waals surface area contributed by atoms with E-state index in [0.29, 0.717) is 12.8 Å². The zero-order chi connectivity index (χ0) is 36.1. The molecule has 0 fully saturated rings. The van der Waals surface area contributed by atoms with E-state index in [0.717, 1.165) is 57.8 Å². The summed E-state index contributed by atoms with van der Waals surface area (Å²) in [5, 5.41) is 13.3. The van der Waals surface area contributed by atoms with Crippen LogP contribution < -0.4 is 5.32 Å². The van der Waals surface area contributed by atoms with Gasteiger partial charge in [0.1, 0.15) is 0 Å². The van der Waals surface area contributed by atoms with E-state index in [1.54, 1.807) is 0 Å². The summed E-state index contributed by atoms with van der Waals surface area (Å²) in [5.41, 5.74) is 0. The highest BCUT2D eigenvalue weighted by Gasteiger charge is 2.26. The number of carbonyl (C=O) groups is 1. The molecular weight excluding hydrogens is 631 g/mol. The minimum atomic E-state index is -4.32. The Kier molecular flexibility index (Phi) is 34.9. The molecule has 0 saturated carbocycles. The predicted molar refractivity (Wildman–Crippen MR) is 212 cm³/mol. The van der Waals surface area contributed by atoms with Crippen LogP contribution in [0.5, 0.6) is 0 Å². The second kappa shape index (κ2) is 36.1. The Morgan fingerprint density at radius 2 is 0.980 bits per heavy atom. The molecule has 49 heavy (non-hydrogen) atoms. The van der Waals surface area contributed by atoms with Crippen molar-refractivity contribution in [2.24, 2.45) is 0 Å². The van der Waals surface area contributed by atoms with Gasteiger partial charge in [0.25, 0.3) is 10.1 Å². The molecule has 6 nitrogen and oxygen atoms in total. The van der Waals surface area contributed by atoms with Crippen LogP contribution in [0.1, 0.15) is 194 Å². The van der Waals surface area contributed by atoms with Crippen molar-refractivity contribution in [1.29, 1.82) is 0 Å². The van der Waals surface area contributed by atoms with Gasteiger partial charge in [0.05, 0.1) is 17.9 Å². The van der Waals surface area contributed by atoms with E-state index in [4.69, 9.17) is 0 Å². The molecule has 0 rings (SSSR count). The average molecular weight is 708 g/mol. The van der Waals surface area contributed by atoms with Crippen LogP contribution >= 0.6 is 0 Å². The highest BCUT2D eigenvalue weighted by molar-refractivity contribution is 7.85. The molecule has 0 aliphatic heterocycles. The molecule has 7 heteroatoms. The fourth-order valence-corrected chi connectivity index (χ4v) is 6.79. The van der Waals surface area contributed by atoms with Crippen LogP contribution in [-0.2, 0) is 14.9 Å². The van der Waals surface area contributed by atoms with Crippen molar-refractivity contribution in [3.8, 4) is 0 Å². The summed E-state index contributed by atoms with van der Waals surface area (Å²) in [6.07, 6.45) is 47.8. The molecular formula is C42H77NO5S. The quantitative estimate of drug-likeness (QED) is 0.0342. The molecule has 286 valence electrons. The van der Waals surface area contributed by atoms with Gasteiger partial charge in [-0.05, 0) is 51.4 Å². The number of hydrogen-bond acceptors (Lipinski definition) is 4. The lowest BCUT2D eigenvalue weighted by molar-refractivity contribution is -0.122. The SMILES string of the molecule is CC/C=C\C/C=C\C/C=C\C/C=C\CCCCC(=O)NC(CS(=O)(=O)O)C(O)CCCCCCCCCCCCCCCCCCCCC. The number of hydrogen-bond donors (Lipinski definition) is 3. The minimum Gasteiger partial charge on any atom is -0.391 e. The molecule has 0 aromatic heterocycles. The third-order valence-electron chi connectivity index (χ3n) is 9.05. The molecule has 0 heterocycles. The smallest absolute Gasteiger partial charge is 0.266 e. The van der Waals surface area contributed by atoms with Crippen molar-refractivity contribution in [2.45, 2.75) is 206 Å². The van der Waals surface area contributed by atoms with E-state index in [-0.39, 0.29) is 12.3 Å². The maximum atomic E-state index is 12.5. The molecule has 0 aliphatic carbocycles. The van der Waals surface area contributed by atoms with Crippen molar-refractivity contribution in [3.05, 3.63) is 48.6 Å². The van der Waals surface area contributed by atoms with Crippen molar-refractivity contribution in [1.82, 2.24) is 5.32 Å². The fraction of sp³-hybridized carbons (Fsp3) is 0.786. The average Bonchev–Trinajstić information content (AvgIpc) is 3.06. The summed E-state index contributed by atoms with van der Waals surface area (Å²) in [4.78, 5) is 12.5. The van der Waals surface area contributed by atoms with Gasteiger partial charge < -0.3 is 10.4 Å². The van der Waals surface area contributed by atoms with E-state index in [1.807, 2.05) is 0 Å². The number of aliphatic hydroxyl groups excluding tert-OH is 1. The standard InChI is InChI=1S/C42H77NO5S/c1-3-5-7-9-11-13-15-17-19-20-21-22-24-25-27-29-31-33-35-37-41(44)40(39-49(46,47)48)43-42(45)38-36-34-32-30-28-26-23-18-16-14-12-10-8-6-4-2/h6,8,12,14,18,23,28,30,40-41,44H,3-5,7,9-11,13,15-17,19-22,24-27,29,31-39H2,1-2H3,(H,43,45)(H,46,47,48)/b8-6-,14-12-,23-18-,30-28-. The number of aliphatic hydroxyl groups is 1. The molecule has 3 N–H and O–H groups in total. The summed E-state index contributed by atoms with van der Waals surface area (Å²) < 4.78 is 32.5. The first kappa shape index (κ1) is 47.3. The fourth-order valence-electron chi connectivity index (χ4n) is 6.03. The topological polar surface area (TPSA) is 104 Å². The molecule has 0 saturated heterocycles. The second-order valence-electron chi connectivity index (χ2n) is 13.9. The van der Waals surface area contributed by atoms with Crippen LogP contribution in [0.2, 0.25) is 0 Å². The van der Waals surface area contributed by atoms with Gasteiger partial charge in [0.2, 0.25) is 5.91 Å². The number of unbranched alkanes of at least 4 members (excludes halogenated alkanes) is 20. The number of rotatable bonds is 36. The Hall–Kier alpha value is -1.70. The summed E-state index contributed by atoms with van der Waals surface area (Å²) in [6, 6.07) is -0.993. The van der Waals surface area contributed by atoms with Crippen molar-refractivity contribution >= 4 is 16.0 Å². The summed E-state index contributed by atoms with van der Waals surface area (Å²) >= 11 is 0. The highest BCUT2D eigenvalue weighted by atomic mass is 32.2. The van der Waals surface area contributed by atoms with Crippen LogP contribution in [-0.4, -0.2) is 41.9 Å². The first-order valence-electron chi connectivity index (χ1n) is 20.3. The number of amides is 1. The Morgan fingerprint density at radius 3 is 1.41 bits per heavy atom. The zero-order valence-electron chi connectivity index (χ0n) is 31.8. The summed E-state index contributed by atoms with van der Waals surface area (Å²) in [6.45, 7) is 4.41. The zero-order valence-corrected chi connectivity index (χ0v) is 32.6. The van der Waals surface area contributed by atoms with Gasteiger partial charge in [-0.25, -0.2) is 0 Å². The van der Waals surface area contributed by atoms with Crippen LogP contribution in [0.3, 0.4) is 0 Å². The first-order valence-corrected chi connectivity index (χ1v) is 21.9. The molecule has 0 aromatic rings. The molecule has 2 atom stereocenters. The van der Waals surface area contributed by atoms with E-state index < -0.39 is 28.0 Å². The van der Waals surface area contributed by atoms with Crippen LogP contribution in [0, 0.1) is 0 Å². The Bertz CT molecular complexity index is 956. The van der Waals surface area contributed by atoms with Gasteiger partial charge in [-0.3, -0.25) is 9.35 Å². The second-order valence-corrected chi connectivity index (χ2v) is 15.4. The molecule has 0 aliphatic rings. The number of allylic oxidation sites excluding steroid dienone is 8. The lowest BCUT2D eigenvalue weighted by Crippen LogP contribution is -2.47. The molecule has 0 aromatic carbocycles. The van der Waals surface area contributed by atoms with Gasteiger partial charge in [0, 0.05) is 6.42 Å². The van der Waals surface area contributed by atoms with Gasteiger partial charge in [0.15, 0.2) is 0 Å². The van der Waals surface area contributed by atoms with E-state index >= 15 is 0 Å². The Morgan fingerprint density at radius 1 is 0.571 bits per heavy atom. The van der Waals surface area contributed by atoms with Crippen molar-refractivity contribution in [3.63, 3.8) is 0 Å². The largest absolute Gasteiger partial charge is 0.391 e. The number of carbonyl (C=O) groups excluding carboxylic acids is 1. The molecule has 2 unspecified atom stereocenters. The monoisotopic (exact) mass is 708 g/mol. The maximum absolute atomic E-state index is 12.5. The van der Waals surface area contributed by atoms with E-state index in [1.165, 1.54) is 103 Å². The number of nitrogens with one attached hydrogen (secondary N) is 1. The summed E-state index contributed by atoms with van der Waals surface area (Å²) in [7, 11) is -4.32. The van der Waals surface area contributed by atoms with E-state index in [2.05, 4.69) is 67.8 Å². The van der Waals surface area contributed by atoms with Gasteiger partial charge in [-0.15, -0.1) is 0 Å². The van der Waals surface area contributed by atoms with Gasteiger partial charge in [-0.1, -0.05) is 184 Å². The van der Waals surface area contributed by atoms with E-state index in [9.17, 15) is 22.9 Å². The lowest BCUT2D eigenvalue weighted by atomic mass is 10.0. The normalized spacial score (nSPS) is 13.8. The van der Waals surface area contributed by atoms with Crippen molar-refractivity contribution < 1.29 is 22.9 Å². The third-order valence-corrected chi connectivity index (χ3v) is 9.83. The molecule has 1 amide bonds. The van der Waals surface area contributed by atoms with Crippen LogP contribution in [0.15, 0.2) is 48.6 Å². The predicted octanol–water partition coefficient (Wildman–Crippen LogP) is 11.9. The third kappa shape index (κ3) is 37.4. The molecule has 0 spiro atoms. The molecule has 0 radical (unpaired) electrons. The summed E-state index contributed by atoms with van der Waals surface area (Å²) in [5.74, 6) is -0.952. The van der Waals surface area contributed by atoms with Crippen LogP contribution in [0.25, 0.3) is 0 Å². The first-order chi connectivity index (χ1) is 23.8. The van der Waals surface area contributed by atoms with Gasteiger partial charge in [-0.2, -0.15) is 8.42 Å². The van der Waals surface area contributed by atoms with Crippen LogP contribution in [0.4, 0.5) is 0 Å². The Balaban J connectivity index is 3.92. The lowest BCUT2D eigenvalue weighted by Gasteiger charge is -2.23. The minimum absolute atomic E-state index is 0.265. The Labute approximate surface area is 303 Å². The van der Waals surface area contributed by atoms with Gasteiger partial charge >= 0.3 is 0 Å². The maximum Gasteiger partial charge on any atom is 0.266 e. The molecule has 0 bridgehead atoms. The van der Waals surface area contributed by atoms with Crippen molar-refractivity contribution in [2.75, 3.05) is 5.75 Å². The highest BCUT2D eigenvalue weighted by Crippen LogP contribution is 2.16.